The molecule has 0 saturated carbocycles. The number of rotatable bonds is 7. The second-order valence-corrected chi connectivity index (χ2v) is 7.95. The first-order chi connectivity index (χ1) is 13.8. The van der Waals surface area contributed by atoms with Crippen molar-refractivity contribution >= 4 is 21.6 Å². The number of amides is 1. The molecule has 0 radical (unpaired) electrons. The van der Waals surface area contributed by atoms with Gasteiger partial charge in [0.2, 0.25) is 0 Å². The van der Waals surface area contributed by atoms with E-state index in [1.807, 2.05) is 0 Å². The molecule has 3 aromatic rings. The average molecular weight is 416 g/mol. The lowest BCUT2D eigenvalue weighted by atomic mass is 10.1. The zero-order valence-electron chi connectivity index (χ0n) is 15.2. The van der Waals surface area contributed by atoms with Crippen LogP contribution in [0.4, 0.5) is 14.5 Å². The zero-order chi connectivity index (χ0) is 20.9. The van der Waals surface area contributed by atoms with E-state index in [2.05, 4.69) is 10.0 Å². The molecule has 0 aliphatic rings. The van der Waals surface area contributed by atoms with Gasteiger partial charge in [-0.1, -0.05) is 12.1 Å². The number of nitrogens with one attached hydrogen (secondary N) is 2. The number of carbonyl (C=O) groups excluding carboxylic acids is 1. The predicted molar refractivity (Wildman–Crippen MR) is 106 cm³/mol. The lowest BCUT2D eigenvalue weighted by molar-refractivity contribution is 0.0954. The average Bonchev–Trinajstić information content (AvgIpc) is 2.70. The molecule has 3 aromatic carbocycles. The van der Waals surface area contributed by atoms with Crippen molar-refractivity contribution in [2.45, 2.75) is 11.3 Å². The smallest absolute Gasteiger partial charge is 0.261 e. The lowest BCUT2D eigenvalue weighted by Crippen LogP contribution is -2.25. The third-order valence-electron chi connectivity index (χ3n) is 4.11. The second-order valence-electron chi connectivity index (χ2n) is 6.27. The van der Waals surface area contributed by atoms with Crippen LogP contribution >= 0.6 is 0 Å². The van der Waals surface area contributed by atoms with E-state index in [0.717, 1.165) is 17.7 Å². The minimum Gasteiger partial charge on any atom is -0.352 e. The van der Waals surface area contributed by atoms with E-state index < -0.39 is 15.8 Å². The van der Waals surface area contributed by atoms with Gasteiger partial charge in [-0.15, -0.1) is 0 Å². The number of sulfonamides is 1. The summed E-state index contributed by atoms with van der Waals surface area (Å²) in [5.74, 6) is -1.17. The van der Waals surface area contributed by atoms with E-state index >= 15 is 0 Å². The summed E-state index contributed by atoms with van der Waals surface area (Å²) in [4.78, 5) is 12.2. The maximum Gasteiger partial charge on any atom is 0.261 e. The molecule has 2 N–H and O–H groups in total. The van der Waals surface area contributed by atoms with Crippen LogP contribution in [0.1, 0.15) is 15.9 Å². The van der Waals surface area contributed by atoms with Crippen molar-refractivity contribution in [1.29, 1.82) is 0 Å². The topological polar surface area (TPSA) is 75.3 Å². The molecule has 0 saturated heterocycles. The molecule has 0 fully saturated rings. The summed E-state index contributed by atoms with van der Waals surface area (Å²) in [5, 5.41) is 2.71. The summed E-state index contributed by atoms with van der Waals surface area (Å²) in [6.07, 6.45) is 0.470. The van der Waals surface area contributed by atoms with E-state index in [9.17, 15) is 22.0 Å². The molecule has 0 unspecified atom stereocenters. The molecule has 5 nitrogen and oxygen atoms in total. The summed E-state index contributed by atoms with van der Waals surface area (Å²) >= 11 is 0. The van der Waals surface area contributed by atoms with Crippen LogP contribution in [-0.2, 0) is 16.4 Å². The summed E-state index contributed by atoms with van der Waals surface area (Å²) < 4.78 is 53.2. The maximum absolute atomic E-state index is 13.1. The van der Waals surface area contributed by atoms with E-state index in [-0.39, 0.29) is 22.3 Å². The van der Waals surface area contributed by atoms with Gasteiger partial charge in [0.25, 0.3) is 15.9 Å². The van der Waals surface area contributed by atoms with Gasteiger partial charge < -0.3 is 5.32 Å². The van der Waals surface area contributed by atoms with Crippen LogP contribution in [0, 0.1) is 11.6 Å². The Hall–Kier alpha value is -3.26. The Morgan fingerprint density at radius 3 is 2.21 bits per heavy atom. The van der Waals surface area contributed by atoms with Gasteiger partial charge in [0.05, 0.1) is 4.90 Å². The fraction of sp³-hybridized carbons (Fsp3) is 0.0952. The molecule has 0 aliphatic carbocycles. The second kappa shape index (κ2) is 8.83. The van der Waals surface area contributed by atoms with Gasteiger partial charge in [-0.3, -0.25) is 9.52 Å². The van der Waals surface area contributed by atoms with Crippen molar-refractivity contribution in [3.8, 4) is 0 Å². The molecule has 3 rings (SSSR count). The largest absolute Gasteiger partial charge is 0.352 e. The van der Waals surface area contributed by atoms with Crippen LogP contribution in [-0.4, -0.2) is 20.9 Å². The molecule has 0 spiro atoms. The molecule has 1 amide bonds. The highest BCUT2D eigenvalue weighted by atomic mass is 32.2. The third-order valence-corrected chi connectivity index (χ3v) is 5.51. The van der Waals surface area contributed by atoms with Crippen molar-refractivity contribution in [2.75, 3.05) is 11.3 Å². The molecule has 0 aromatic heterocycles. The van der Waals surface area contributed by atoms with Gasteiger partial charge in [-0.2, -0.15) is 0 Å². The van der Waals surface area contributed by atoms with Crippen molar-refractivity contribution < 1.29 is 22.0 Å². The Kier molecular flexibility index (Phi) is 6.23. The van der Waals surface area contributed by atoms with Crippen molar-refractivity contribution in [1.82, 2.24) is 5.32 Å². The third kappa shape index (κ3) is 5.61. The van der Waals surface area contributed by atoms with Crippen LogP contribution in [0.3, 0.4) is 0 Å². The Bertz CT molecular complexity index is 1100. The number of hydrogen-bond donors (Lipinski definition) is 2. The first kappa shape index (κ1) is 20.5. The standard InChI is InChI=1S/C21H18F2N2O3S/c22-17-6-8-19(9-7-17)25-29(27,28)20-10-4-16(5-11-20)21(26)24-13-12-15-2-1-3-18(23)14-15/h1-11,14,25H,12-13H2,(H,24,26). The van der Waals surface area contributed by atoms with E-state index in [0.29, 0.717) is 18.5 Å². The van der Waals surface area contributed by atoms with Crippen LogP contribution < -0.4 is 10.0 Å². The Labute approximate surface area is 167 Å². The molecule has 0 heterocycles. The number of hydrogen-bond acceptors (Lipinski definition) is 3. The minimum absolute atomic E-state index is 0.0295. The summed E-state index contributed by atoms with van der Waals surface area (Å²) in [7, 11) is -3.87. The van der Waals surface area contributed by atoms with Gasteiger partial charge in [0.1, 0.15) is 11.6 Å². The monoisotopic (exact) mass is 416 g/mol. The maximum atomic E-state index is 13.1. The molecule has 8 heteroatoms. The van der Waals surface area contributed by atoms with Crippen LogP contribution in [0.2, 0.25) is 0 Å². The van der Waals surface area contributed by atoms with Gasteiger partial charge in [-0.05, 0) is 72.6 Å². The van der Waals surface area contributed by atoms with Crippen LogP contribution in [0.5, 0.6) is 0 Å². The highest BCUT2D eigenvalue weighted by Crippen LogP contribution is 2.17. The van der Waals surface area contributed by atoms with Crippen molar-refractivity contribution in [2.24, 2.45) is 0 Å². The van der Waals surface area contributed by atoms with E-state index in [1.165, 1.54) is 48.5 Å². The van der Waals surface area contributed by atoms with Crippen molar-refractivity contribution in [3.63, 3.8) is 0 Å². The van der Waals surface area contributed by atoms with Gasteiger partial charge >= 0.3 is 0 Å². The quantitative estimate of drug-likeness (QED) is 0.616. The lowest BCUT2D eigenvalue weighted by Gasteiger charge is -2.09. The molecule has 150 valence electrons. The summed E-state index contributed by atoms with van der Waals surface area (Å²) in [6.45, 7) is 0.314. The molecular formula is C21H18F2N2O3S. The number of carbonyl (C=O) groups is 1. The van der Waals surface area contributed by atoms with Gasteiger partial charge in [-0.25, -0.2) is 17.2 Å². The van der Waals surface area contributed by atoms with E-state index in [4.69, 9.17) is 0 Å². The van der Waals surface area contributed by atoms with E-state index in [1.54, 1.807) is 12.1 Å². The minimum atomic E-state index is -3.87. The van der Waals surface area contributed by atoms with Gasteiger partial charge in [0, 0.05) is 17.8 Å². The highest BCUT2D eigenvalue weighted by Gasteiger charge is 2.15. The fourth-order valence-corrected chi connectivity index (χ4v) is 3.69. The SMILES string of the molecule is O=C(NCCc1cccc(F)c1)c1ccc(S(=O)(=O)Nc2ccc(F)cc2)cc1. The Morgan fingerprint density at radius 2 is 1.55 bits per heavy atom. The van der Waals surface area contributed by atoms with Crippen LogP contribution in [0.25, 0.3) is 0 Å². The molecule has 29 heavy (non-hydrogen) atoms. The number of halogens is 2. The first-order valence-corrected chi connectivity index (χ1v) is 10.2. The predicted octanol–water partition coefficient (Wildman–Crippen LogP) is 3.74. The molecular weight excluding hydrogens is 398 g/mol. The molecule has 0 bridgehead atoms. The summed E-state index contributed by atoms with van der Waals surface area (Å²) in [6, 6.07) is 16.5. The normalized spacial score (nSPS) is 11.1. The summed E-state index contributed by atoms with van der Waals surface area (Å²) in [5.41, 5.74) is 1.29. The van der Waals surface area contributed by atoms with Gasteiger partial charge in [0.15, 0.2) is 0 Å². The highest BCUT2D eigenvalue weighted by molar-refractivity contribution is 7.92. The fourth-order valence-electron chi connectivity index (χ4n) is 2.63. The van der Waals surface area contributed by atoms with Crippen LogP contribution in [0.15, 0.2) is 77.7 Å². The number of anilines is 1. The number of benzene rings is 3. The Morgan fingerprint density at radius 1 is 0.862 bits per heavy atom. The molecule has 0 aliphatic heterocycles. The Balaban J connectivity index is 1.59. The van der Waals surface area contributed by atoms with Crippen molar-refractivity contribution in [3.05, 3.63) is 95.6 Å². The molecule has 0 atom stereocenters. The first-order valence-electron chi connectivity index (χ1n) is 8.74. The zero-order valence-corrected chi connectivity index (χ0v) is 16.0.